The number of carbonyl (C=O) groups is 1. The molecule has 0 saturated heterocycles. The zero-order valence-electron chi connectivity index (χ0n) is 5.61. The van der Waals surface area contributed by atoms with Crippen molar-refractivity contribution >= 4 is 13.5 Å². The van der Waals surface area contributed by atoms with Crippen molar-refractivity contribution in [2.45, 2.75) is 12.8 Å². The summed E-state index contributed by atoms with van der Waals surface area (Å²) >= 11 is 0. The Morgan fingerprint density at radius 3 is 2.36 bits per heavy atom. The van der Waals surface area contributed by atoms with Crippen molar-refractivity contribution in [3.63, 3.8) is 0 Å². The first-order valence-corrected chi connectivity index (χ1v) is 4.60. The number of amides is 1. The van der Waals surface area contributed by atoms with Gasteiger partial charge in [0.25, 0.3) is 0 Å². The first-order chi connectivity index (χ1) is 4.95. The predicted molar refractivity (Wildman–Crippen MR) is 33.2 cm³/mol. The Hall–Kier alpha value is -0.420. The van der Waals surface area contributed by atoms with Crippen LogP contribution in [0, 0.1) is 5.21 Å². The van der Waals surface area contributed by atoms with E-state index in [4.69, 9.17) is 0 Å². The molecule has 1 N–H and O–H groups in total. The van der Waals surface area contributed by atoms with Gasteiger partial charge in [0.1, 0.15) is 0 Å². The second-order valence-corrected chi connectivity index (χ2v) is 3.63. The van der Waals surface area contributed by atoms with Gasteiger partial charge in [-0.3, -0.25) is 4.79 Å². The summed E-state index contributed by atoms with van der Waals surface area (Å²) in [6, 6.07) is 0. The minimum Gasteiger partial charge on any atom is -0.811 e. The standard InChI is InChI=1S/C4H9NO5P/c6-4(5-7)2-1-3-11(8,9)10/h1-3H2,(H3-,5,6,7,8,9,10)/q-1/p-2. The highest BCUT2D eigenvalue weighted by Crippen LogP contribution is 2.24. The molecule has 11 heavy (non-hydrogen) atoms. The maximum Gasteiger partial charge on any atom is 0.209 e. The van der Waals surface area contributed by atoms with Crippen molar-refractivity contribution in [1.82, 2.24) is 5.48 Å². The van der Waals surface area contributed by atoms with E-state index in [0.717, 1.165) is 5.48 Å². The third kappa shape index (κ3) is 7.48. The van der Waals surface area contributed by atoms with E-state index in [9.17, 15) is 24.4 Å². The van der Waals surface area contributed by atoms with E-state index < -0.39 is 19.7 Å². The molecule has 0 aliphatic carbocycles. The summed E-state index contributed by atoms with van der Waals surface area (Å²) in [5, 5.41) is 9.56. The van der Waals surface area contributed by atoms with Gasteiger partial charge in [-0.15, -0.1) is 0 Å². The first kappa shape index (κ1) is 10.6. The van der Waals surface area contributed by atoms with Crippen LogP contribution < -0.4 is 15.3 Å². The average Bonchev–Trinajstić information content (AvgIpc) is 1.85. The summed E-state index contributed by atoms with van der Waals surface area (Å²) in [4.78, 5) is 30.1. The molecule has 0 atom stereocenters. The third-order valence-electron chi connectivity index (χ3n) is 0.950. The zero-order valence-corrected chi connectivity index (χ0v) is 6.50. The van der Waals surface area contributed by atoms with E-state index in [1.807, 2.05) is 0 Å². The molecular weight excluding hydrogens is 173 g/mol. The molecule has 0 saturated carbocycles. The van der Waals surface area contributed by atoms with Crippen molar-refractivity contribution in [3.05, 3.63) is 5.21 Å². The highest BCUT2D eigenvalue weighted by Gasteiger charge is 1.96. The fourth-order valence-electron chi connectivity index (χ4n) is 0.484. The molecule has 0 aromatic rings. The normalized spacial score (nSPS) is 11.2. The molecule has 0 radical (unpaired) electrons. The summed E-state index contributed by atoms with van der Waals surface area (Å²) in [7, 11) is -4.51. The zero-order chi connectivity index (χ0) is 8.91. The fourth-order valence-corrected chi connectivity index (χ4v) is 1.03. The SMILES string of the molecule is O=C(CCCP(=O)([O-])[O-])N[O-]. The number of nitrogens with one attached hydrogen (secondary N) is 1. The molecule has 6 nitrogen and oxygen atoms in total. The van der Waals surface area contributed by atoms with Crippen molar-refractivity contribution in [1.29, 1.82) is 0 Å². The molecule has 0 aliphatic rings. The Bertz CT molecular complexity index is 175. The number of rotatable bonds is 4. The lowest BCUT2D eigenvalue weighted by atomic mass is 10.3. The quantitative estimate of drug-likeness (QED) is 0.408. The molecule has 0 spiro atoms. The molecule has 0 heterocycles. The van der Waals surface area contributed by atoms with Crippen LogP contribution in [0.3, 0.4) is 0 Å². The second kappa shape index (κ2) is 4.46. The monoisotopic (exact) mass is 180 g/mol. The molecule has 7 heteroatoms. The third-order valence-corrected chi connectivity index (χ3v) is 1.81. The number of hydrogen-bond donors (Lipinski definition) is 1. The lowest BCUT2D eigenvalue weighted by Gasteiger charge is -2.29. The van der Waals surface area contributed by atoms with Crippen LogP contribution >= 0.6 is 7.60 Å². The van der Waals surface area contributed by atoms with E-state index in [0.29, 0.717) is 0 Å². The molecule has 0 bridgehead atoms. The van der Waals surface area contributed by atoms with Crippen molar-refractivity contribution in [2.75, 3.05) is 6.16 Å². The van der Waals surface area contributed by atoms with E-state index in [2.05, 4.69) is 0 Å². The number of hydroxylamine groups is 1. The van der Waals surface area contributed by atoms with Gasteiger partial charge < -0.3 is 25.0 Å². The van der Waals surface area contributed by atoms with Crippen LogP contribution in [0.5, 0.6) is 0 Å². The van der Waals surface area contributed by atoms with Gasteiger partial charge >= 0.3 is 0 Å². The highest BCUT2D eigenvalue weighted by atomic mass is 31.2. The van der Waals surface area contributed by atoms with Crippen LogP contribution in [0.4, 0.5) is 0 Å². The van der Waals surface area contributed by atoms with Gasteiger partial charge in [-0.25, -0.2) is 0 Å². The van der Waals surface area contributed by atoms with Gasteiger partial charge in [-0.1, -0.05) is 7.60 Å². The minimum absolute atomic E-state index is 0.0989. The second-order valence-electron chi connectivity index (χ2n) is 1.96. The smallest absolute Gasteiger partial charge is 0.209 e. The predicted octanol–water partition coefficient (Wildman–Crippen LogP) is -1.71. The van der Waals surface area contributed by atoms with Gasteiger partial charge in [0.15, 0.2) is 0 Å². The maximum absolute atomic E-state index is 10.2. The van der Waals surface area contributed by atoms with Gasteiger partial charge in [0.05, 0.1) is 0 Å². The molecule has 0 unspecified atom stereocenters. The van der Waals surface area contributed by atoms with Crippen molar-refractivity contribution < 1.29 is 19.1 Å². The minimum atomic E-state index is -4.51. The first-order valence-electron chi connectivity index (χ1n) is 2.88. The summed E-state index contributed by atoms with van der Waals surface area (Å²) < 4.78 is 9.96. The summed E-state index contributed by atoms with van der Waals surface area (Å²) in [6.45, 7) is 0. The van der Waals surface area contributed by atoms with Gasteiger partial charge in [-0.05, 0) is 12.6 Å². The van der Waals surface area contributed by atoms with Crippen molar-refractivity contribution in [3.8, 4) is 0 Å². The lowest BCUT2D eigenvalue weighted by molar-refractivity contribution is -0.313. The molecule has 0 fully saturated rings. The molecule has 0 aliphatic heterocycles. The van der Waals surface area contributed by atoms with E-state index in [-0.39, 0.29) is 12.8 Å². The molecule has 0 aromatic carbocycles. The Morgan fingerprint density at radius 2 is 2.00 bits per heavy atom. The van der Waals surface area contributed by atoms with Gasteiger partial charge in [-0.2, -0.15) is 0 Å². The number of hydrogen-bond acceptors (Lipinski definition) is 5. The van der Waals surface area contributed by atoms with Gasteiger partial charge in [0, 0.05) is 6.42 Å². The van der Waals surface area contributed by atoms with Gasteiger partial charge in [0.2, 0.25) is 5.91 Å². The van der Waals surface area contributed by atoms with Crippen LogP contribution in [0.15, 0.2) is 0 Å². The Labute approximate surface area is 63.3 Å². The molecule has 0 aromatic heterocycles. The Balaban J connectivity index is 3.43. The van der Waals surface area contributed by atoms with E-state index >= 15 is 0 Å². The van der Waals surface area contributed by atoms with Crippen LogP contribution in [0.25, 0.3) is 0 Å². The maximum atomic E-state index is 10.2. The summed E-state index contributed by atoms with van der Waals surface area (Å²) in [5.41, 5.74) is 1.07. The highest BCUT2D eigenvalue weighted by molar-refractivity contribution is 7.48. The summed E-state index contributed by atoms with van der Waals surface area (Å²) in [6.07, 6.45) is -0.906. The molecular formula is C4H7NO5P-3. The topological polar surface area (TPSA) is 115 Å². The van der Waals surface area contributed by atoms with Crippen LogP contribution in [0.1, 0.15) is 12.8 Å². The number of carbonyl (C=O) groups excluding carboxylic acids is 1. The van der Waals surface area contributed by atoms with Crippen LogP contribution in [-0.4, -0.2) is 12.1 Å². The van der Waals surface area contributed by atoms with Crippen LogP contribution in [0.2, 0.25) is 0 Å². The lowest BCUT2D eigenvalue weighted by Crippen LogP contribution is -2.19. The Kier molecular flexibility index (Phi) is 4.29. The van der Waals surface area contributed by atoms with Crippen molar-refractivity contribution in [2.24, 2.45) is 0 Å². The summed E-state index contributed by atoms with van der Waals surface area (Å²) in [5.74, 6) is -0.807. The fraction of sp³-hybridized carbons (Fsp3) is 0.750. The molecule has 1 amide bonds. The molecule has 66 valence electrons. The Morgan fingerprint density at radius 1 is 1.45 bits per heavy atom. The van der Waals surface area contributed by atoms with E-state index in [1.54, 1.807) is 0 Å². The molecule has 0 rings (SSSR count). The average molecular weight is 180 g/mol. The van der Waals surface area contributed by atoms with E-state index in [1.165, 1.54) is 0 Å². The largest absolute Gasteiger partial charge is 0.811 e. The van der Waals surface area contributed by atoms with Crippen LogP contribution in [-0.2, 0) is 9.36 Å².